The zero-order valence-corrected chi connectivity index (χ0v) is 15.9. The lowest BCUT2D eigenvalue weighted by Gasteiger charge is -2.16. The van der Waals surface area contributed by atoms with Gasteiger partial charge in [-0.25, -0.2) is 8.42 Å². The molecule has 2 rings (SSSR count). The van der Waals surface area contributed by atoms with Crippen LogP contribution in [0.1, 0.15) is 30.6 Å². The normalized spacial score (nSPS) is 12.6. The van der Waals surface area contributed by atoms with Gasteiger partial charge >= 0.3 is 5.97 Å². The second kappa shape index (κ2) is 8.79. The fraction of sp³-hybridized carbons (Fsp3) is 0.263. The molecule has 0 heterocycles. The van der Waals surface area contributed by atoms with E-state index in [0.717, 1.165) is 0 Å². The number of benzene rings is 2. The molecule has 7 nitrogen and oxygen atoms in total. The highest BCUT2D eigenvalue weighted by molar-refractivity contribution is 7.89. The van der Waals surface area contributed by atoms with Gasteiger partial charge in [-0.05, 0) is 48.7 Å². The number of carbonyl (C=O) groups is 2. The Kier molecular flexibility index (Phi) is 6.70. The number of carboxylic acid groups (broad SMARTS) is 1. The first kappa shape index (κ1) is 20.6. The monoisotopic (exact) mass is 390 g/mol. The van der Waals surface area contributed by atoms with Crippen molar-refractivity contribution in [2.24, 2.45) is 5.92 Å². The molecule has 0 aliphatic heterocycles. The van der Waals surface area contributed by atoms with E-state index in [0.29, 0.717) is 11.3 Å². The number of nitrogens with one attached hydrogen (secondary N) is 2. The zero-order chi connectivity index (χ0) is 20.0. The average Bonchev–Trinajstić information content (AvgIpc) is 2.61. The Morgan fingerprint density at radius 2 is 1.59 bits per heavy atom. The summed E-state index contributed by atoms with van der Waals surface area (Å²) in [6, 6.07) is 13.0. The van der Waals surface area contributed by atoms with Gasteiger partial charge in [-0.15, -0.1) is 0 Å². The van der Waals surface area contributed by atoms with Crippen LogP contribution in [0.25, 0.3) is 0 Å². The lowest BCUT2D eigenvalue weighted by Crippen LogP contribution is -2.41. The Bertz CT molecular complexity index is 893. The first-order valence-electron chi connectivity index (χ1n) is 8.40. The van der Waals surface area contributed by atoms with Crippen molar-refractivity contribution in [2.75, 3.05) is 5.32 Å². The molecule has 0 aliphatic carbocycles. The van der Waals surface area contributed by atoms with Gasteiger partial charge in [-0.2, -0.15) is 4.72 Å². The molecule has 0 saturated heterocycles. The van der Waals surface area contributed by atoms with Crippen LogP contribution in [0.2, 0.25) is 0 Å². The van der Waals surface area contributed by atoms with Crippen molar-refractivity contribution >= 4 is 27.6 Å². The maximum atomic E-state index is 12.4. The van der Waals surface area contributed by atoms with Crippen LogP contribution in [0.5, 0.6) is 0 Å². The van der Waals surface area contributed by atoms with E-state index >= 15 is 0 Å². The molecule has 27 heavy (non-hydrogen) atoms. The third-order valence-electron chi connectivity index (χ3n) is 3.76. The lowest BCUT2D eigenvalue weighted by atomic mass is 10.1. The van der Waals surface area contributed by atoms with Crippen LogP contribution in [0.3, 0.4) is 0 Å². The van der Waals surface area contributed by atoms with Crippen molar-refractivity contribution in [3.63, 3.8) is 0 Å². The minimum atomic E-state index is -3.99. The van der Waals surface area contributed by atoms with Gasteiger partial charge in [0.1, 0.15) is 6.04 Å². The van der Waals surface area contributed by atoms with Crippen molar-refractivity contribution in [3.8, 4) is 0 Å². The molecule has 0 radical (unpaired) electrons. The Morgan fingerprint density at radius 1 is 1.00 bits per heavy atom. The fourth-order valence-corrected chi connectivity index (χ4v) is 3.64. The molecular weight excluding hydrogens is 368 g/mol. The molecule has 0 bridgehead atoms. The van der Waals surface area contributed by atoms with Crippen molar-refractivity contribution in [1.82, 2.24) is 4.72 Å². The number of carboxylic acids is 1. The summed E-state index contributed by atoms with van der Waals surface area (Å²) in [5.41, 5.74) is 0.911. The SMILES string of the molecule is CC(C)C[C@@H](NS(=O)(=O)c1ccc(NC(=O)c2ccccc2)cc1)C(=O)O. The molecule has 2 aromatic carbocycles. The summed E-state index contributed by atoms with van der Waals surface area (Å²) in [4.78, 5) is 23.3. The molecule has 0 aromatic heterocycles. The Hall–Kier alpha value is -2.71. The van der Waals surface area contributed by atoms with Crippen LogP contribution in [0, 0.1) is 5.92 Å². The molecule has 0 unspecified atom stereocenters. The maximum absolute atomic E-state index is 12.4. The predicted molar refractivity (Wildman–Crippen MR) is 102 cm³/mol. The van der Waals surface area contributed by atoms with Gasteiger partial charge < -0.3 is 10.4 Å². The van der Waals surface area contributed by atoms with E-state index in [2.05, 4.69) is 10.0 Å². The molecule has 3 N–H and O–H groups in total. The van der Waals surface area contributed by atoms with Crippen LogP contribution in [-0.2, 0) is 14.8 Å². The van der Waals surface area contributed by atoms with E-state index in [9.17, 15) is 23.1 Å². The smallest absolute Gasteiger partial charge is 0.321 e. The van der Waals surface area contributed by atoms with Crippen LogP contribution in [0.15, 0.2) is 59.5 Å². The number of rotatable bonds is 8. The van der Waals surface area contributed by atoms with Crippen LogP contribution in [-0.4, -0.2) is 31.4 Å². The maximum Gasteiger partial charge on any atom is 0.321 e. The van der Waals surface area contributed by atoms with Crippen molar-refractivity contribution in [2.45, 2.75) is 31.2 Å². The highest BCUT2D eigenvalue weighted by Crippen LogP contribution is 2.16. The molecule has 0 saturated carbocycles. The zero-order valence-electron chi connectivity index (χ0n) is 15.0. The van der Waals surface area contributed by atoms with E-state index in [1.807, 2.05) is 13.8 Å². The number of aliphatic carboxylic acids is 1. The summed E-state index contributed by atoms with van der Waals surface area (Å²) in [6.07, 6.45) is 0.180. The van der Waals surface area contributed by atoms with Crippen LogP contribution < -0.4 is 10.0 Å². The first-order valence-corrected chi connectivity index (χ1v) is 9.89. The minimum absolute atomic E-state index is 0.0179. The van der Waals surface area contributed by atoms with Crippen molar-refractivity contribution < 1.29 is 23.1 Å². The van der Waals surface area contributed by atoms with Gasteiger partial charge in [0.05, 0.1) is 4.90 Å². The van der Waals surface area contributed by atoms with Gasteiger partial charge in [-0.3, -0.25) is 9.59 Å². The largest absolute Gasteiger partial charge is 0.480 e. The molecular formula is C19H22N2O5S. The predicted octanol–water partition coefficient (Wildman–Crippen LogP) is 2.72. The fourth-order valence-electron chi connectivity index (χ4n) is 2.44. The van der Waals surface area contributed by atoms with Gasteiger partial charge in [0.25, 0.3) is 5.91 Å². The van der Waals surface area contributed by atoms with Crippen LogP contribution in [0.4, 0.5) is 5.69 Å². The number of anilines is 1. The van der Waals surface area contributed by atoms with E-state index in [4.69, 9.17) is 0 Å². The number of amides is 1. The molecule has 2 aromatic rings. The van der Waals surface area contributed by atoms with E-state index in [1.165, 1.54) is 24.3 Å². The summed E-state index contributed by atoms with van der Waals surface area (Å²) >= 11 is 0. The van der Waals surface area contributed by atoms with Gasteiger partial charge in [-0.1, -0.05) is 32.0 Å². The summed E-state index contributed by atoms with van der Waals surface area (Å²) in [5.74, 6) is -1.52. The molecule has 8 heteroatoms. The second-order valence-corrected chi connectivity index (χ2v) is 8.20. The van der Waals surface area contributed by atoms with Gasteiger partial charge in [0.15, 0.2) is 0 Å². The average molecular weight is 390 g/mol. The number of sulfonamides is 1. The number of carbonyl (C=O) groups excluding carboxylic acids is 1. The van der Waals surface area contributed by atoms with Gasteiger partial charge in [0, 0.05) is 11.3 Å². The Morgan fingerprint density at radius 3 is 2.11 bits per heavy atom. The minimum Gasteiger partial charge on any atom is -0.480 e. The standard InChI is InChI=1S/C19H22N2O5S/c1-13(2)12-17(19(23)24)21-27(25,26)16-10-8-15(9-11-16)20-18(22)14-6-4-3-5-7-14/h3-11,13,17,21H,12H2,1-2H3,(H,20,22)(H,23,24)/t17-/m1/s1. The highest BCUT2D eigenvalue weighted by Gasteiger charge is 2.26. The molecule has 0 aliphatic rings. The van der Waals surface area contributed by atoms with E-state index in [-0.39, 0.29) is 23.1 Å². The van der Waals surface area contributed by atoms with Crippen LogP contribution >= 0.6 is 0 Å². The summed E-state index contributed by atoms with van der Waals surface area (Å²) in [7, 11) is -3.99. The molecule has 0 fully saturated rings. The Labute approximate surface area is 158 Å². The molecule has 144 valence electrons. The quantitative estimate of drug-likeness (QED) is 0.641. The summed E-state index contributed by atoms with van der Waals surface area (Å²) in [6.45, 7) is 3.63. The molecule has 1 amide bonds. The molecule has 1 atom stereocenters. The number of hydrogen-bond donors (Lipinski definition) is 3. The van der Waals surface area contributed by atoms with E-state index < -0.39 is 22.0 Å². The lowest BCUT2D eigenvalue weighted by molar-refractivity contribution is -0.139. The number of hydrogen-bond acceptors (Lipinski definition) is 4. The summed E-state index contributed by atoms with van der Waals surface area (Å²) < 4.78 is 27.1. The second-order valence-electron chi connectivity index (χ2n) is 6.49. The first-order chi connectivity index (χ1) is 12.7. The highest BCUT2D eigenvalue weighted by atomic mass is 32.2. The topological polar surface area (TPSA) is 113 Å². The third kappa shape index (κ3) is 5.90. The van der Waals surface area contributed by atoms with Gasteiger partial charge in [0.2, 0.25) is 10.0 Å². The molecule has 0 spiro atoms. The summed E-state index contributed by atoms with van der Waals surface area (Å²) in [5, 5.41) is 11.9. The van der Waals surface area contributed by atoms with Crippen molar-refractivity contribution in [3.05, 3.63) is 60.2 Å². The Balaban J connectivity index is 2.11. The van der Waals surface area contributed by atoms with E-state index in [1.54, 1.807) is 30.3 Å². The third-order valence-corrected chi connectivity index (χ3v) is 5.25. The van der Waals surface area contributed by atoms with Crippen molar-refractivity contribution in [1.29, 1.82) is 0 Å².